The van der Waals surface area contributed by atoms with E-state index in [4.69, 9.17) is 16.0 Å². The second kappa shape index (κ2) is 5.63. The van der Waals surface area contributed by atoms with Crippen LogP contribution in [0, 0.1) is 0 Å². The molecule has 0 radical (unpaired) electrons. The molecule has 0 aliphatic carbocycles. The number of aromatic nitrogens is 1. The molecule has 0 bridgehead atoms. The zero-order chi connectivity index (χ0) is 15.0. The number of hydrogen-bond acceptors (Lipinski definition) is 4. The molecule has 106 valence electrons. The molecule has 2 aromatic heterocycles. The lowest BCUT2D eigenvalue weighted by Gasteiger charge is -2.02. The van der Waals surface area contributed by atoms with Crippen molar-refractivity contribution in [2.75, 3.05) is 0 Å². The van der Waals surface area contributed by atoms with E-state index in [0.717, 1.165) is 9.35 Å². The van der Waals surface area contributed by atoms with Crippen molar-refractivity contribution >= 4 is 44.8 Å². The molecule has 21 heavy (non-hydrogen) atoms. The van der Waals surface area contributed by atoms with Gasteiger partial charge in [0, 0.05) is 10.0 Å². The highest BCUT2D eigenvalue weighted by molar-refractivity contribution is 9.10. The summed E-state index contributed by atoms with van der Waals surface area (Å²) in [6.07, 6.45) is 0. The molecule has 1 N–H and O–H groups in total. The lowest BCUT2D eigenvalue weighted by atomic mass is 10.1. The number of rotatable bonds is 3. The molecule has 2 heterocycles. The average Bonchev–Trinajstić information content (AvgIpc) is 3.09. The molecule has 1 aromatic carbocycles. The predicted octanol–water partition coefficient (Wildman–Crippen LogP) is 5.18. The van der Waals surface area contributed by atoms with Crippen LogP contribution < -0.4 is 0 Å². The highest BCUT2D eigenvalue weighted by Crippen LogP contribution is 2.36. The van der Waals surface area contributed by atoms with Gasteiger partial charge in [-0.3, -0.25) is 0 Å². The van der Waals surface area contributed by atoms with Crippen LogP contribution in [-0.2, 0) is 0 Å². The fourth-order valence-electron chi connectivity index (χ4n) is 1.82. The quantitative estimate of drug-likeness (QED) is 0.675. The monoisotopic (exact) mass is 383 g/mol. The summed E-state index contributed by atoms with van der Waals surface area (Å²) in [5.41, 5.74) is 0.331. The number of benzene rings is 1. The highest BCUT2D eigenvalue weighted by Gasteiger charge is 2.23. The van der Waals surface area contributed by atoms with E-state index in [2.05, 4.69) is 20.9 Å². The lowest BCUT2D eigenvalue weighted by molar-refractivity contribution is 0.0691. The summed E-state index contributed by atoms with van der Waals surface area (Å²) in [6.45, 7) is 0. The summed E-state index contributed by atoms with van der Waals surface area (Å²) in [6, 6.07) is 8.79. The normalized spacial score (nSPS) is 10.8. The molecule has 3 aromatic rings. The molecular formula is C14H7BrClNO3S. The summed E-state index contributed by atoms with van der Waals surface area (Å²) < 4.78 is 6.43. The first kappa shape index (κ1) is 14.3. The van der Waals surface area contributed by atoms with E-state index >= 15 is 0 Å². The van der Waals surface area contributed by atoms with E-state index in [1.54, 1.807) is 18.2 Å². The molecule has 0 unspecified atom stereocenters. The third kappa shape index (κ3) is 2.74. The number of oxazole rings is 1. The van der Waals surface area contributed by atoms with Gasteiger partial charge in [0.2, 0.25) is 5.89 Å². The second-order valence-corrected chi connectivity index (χ2v) is 6.37. The topological polar surface area (TPSA) is 63.3 Å². The fourth-order valence-corrected chi connectivity index (χ4v) is 3.04. The van der Waals surface area contributed by atoms with Gasteiger partial charge in [-0.1, -0.05) is 33.6 Å². The molecule has 0 atom stereocenters. The number of carboxylic acids is 1. The number of carboxylic acid groups (broad SMARTS) is 1. The van der Waals surface area contributed by atoms with Gasteiger partial charge in [0.05, 0.1) is 9.90 Å². The van der Waals surface area contributed by atoms with Gasteiger partial charge in [-0.25, -0.2) is 9.78 Å². The van der Waals surface area contributed by atoms with Crippen LogP contribution in [0.2, 0.25) is 5.02 Å². The maximum absolute atomic E-state index is 11.4. The van der Waals surface area contributed by atoms with Crippen molar-refractivity contribution < 1.29 is 14.3 Å². The number of nitrogens with zero attached hydrogens (tertiary/aromatic N) is 1. The fraction of sp³-hybridized carbons (Fsp3) is 0. The highest BCUT2D eigenvalue weighted by atomic mass is 79.9. The molecule has 3 rings (SSSR count). The number of thiophene rings is 1. The van der Waals surface area contributed by atoms with Crippen LogP contribution in [0.3, 0.4) is 0 Å². The Morgan fingerprint density at radius 3 is 2.86 bits per heavy atom. The summed E-state index contributed by atoms with van der Waals surface area (Å²) >= 11 is 10.9. The molecule has 0 fully saturated rings. The third-order valence-electron chi connectivity index (χ3n) is 2.73. The van der Waals surface area contributed by atoms with Crippen molar-refractivity contribution in [3.63, 3.8) is 0 Å². The van der Waals surface area contributed by atoms with Gasteiger partial charge in [-0.05, 0) is 29.6 Å². The minimum atomic E-state index is -1.16. The minimum Gasteiger partial charge on any atom is -0.476 e. The van der Waals surface area contributed by atoms with Gasteiger partial charge in [-0.2, -0.15) is 0 Å². The Labute approximate surface area is 137 Å². The maximum atomic E-state index is 11.4. The van der Waals surface area contributed by atoms with Crippen LogP contribution in [0.1, 0.15) is 10.5 Å². The van der Waals surface area contributed by atoms with Crippen molar-refractivity contribution in [3.05, 3.63) is 50.9 Å². The summed E-state index contributed by atoms with van der Waals surface area (Å²) in [5.74, 6) is -0.738. The number of halogens is 2. The van der Waals surface area contributed by atoms with Crippen LogP contribution in [0.4, 0.5) is 0 Å². The van der Waals surface area contributed by atoms with Crippen LogP contribution in [0.15, 0.2) is 44.6 Å². The first-order chi connectivity index (χ1) is 10.1. The van der Waals surface area contributed by atoms with Crippen LogP contribution >= 0.6 is 38.9 Å². The lowest BCUT2D eigenvalue weighted by Crippen LogP contribution is -1.99. The number of carbonyl (C=O) groups is 1. The molecule has 0 aliphatic heterocycles. The Kier molecular flexibility index (Phi) is 3.84. The van der Waals surface area contributed by atoms with Gasteiger partial charge >= 0.3 is 5.97 Å². The Morgan fingerprint density at radius 1 is 1.38 bits per heavy atom. The molecule has 0 spiro atoms. The van der Waals surface area contributed by atoms with Gasteiger partial charge in [0.1, 0.15) is 0 Å². The zero-order valence-corrected chi connectivity index (χ0v) is 13.5. The van der Waals surface area contributed by atoms with Gasteiger partial charge in [0.15, 0.2) is 11.5 Å². The van der Waals surface area contributed by atoms with E-state index in [0.29, 0.717) is 10.6 Å². The van der Waals surface area contributed by atoms with Crippen molar-refractivity contribution in [2.45, 2.75) is 0 Å². The Balaban J connectivity index is 2.21. The predicted molar refractivity (Wildman–Crippen MR) is 84.9 cm³/mol. The second-order valence-electron chi connectivity index (χ2n) is 4.10. The summed E-state index contributed by atoms with van der Waals surface area (Å²) in [4.78, 5) is 16.2. The zero-order valence-electron chi connectivity index (χ0n) is 10.3. The Bertz CT molecular complexity index is 814. The van der Waals surface area contributed by atoms with Crippen LogP contribution in [0.25, 0.3) is 22.1 Å². The van der Waals surface area contributed by atoms with Crippen molar-refractivity contribution in [3.8, 4) is 22.1 Å². The van der Waals surface area contributed by atoms with Gasteiger partial charge in [0.25, 0.3) is 0 Å². The van der Waals surface area contributed by atoms with Gasteiger partial charge in [-0.15, -0.1) is 11.3 Å². The van der Waals surface area contributed by atoms with Crippen molar-refractivity contribution in [2.24, 2.45) is 0 Å². The van der Waals surface area contributed by atoms with Crippen molar-refractivity contribution in [1.29, 1.82) is 0 Å². The van der Waals surface area contributed by atoms with E-state index in [9.17, 15) is 9.90 Å². The SMILES string of the molecule is O=C(O)c1nc(-c2cccs2)oc1-c1cc(Br)ccc1Cl. The first-order valence-corrected chi connectivity index (χ1v) is 7.84. The van der Waals surface area contributed by atoms with Crippen LogP contribution in [-0.4, -0.2) is 16.1 Å². The molecule has 7 heteroatoms. The molecule has 0 amide bonds. The smallest absolute Gasteiger partial charge is 0.358 e. The average molecular weight is 385 g/mol. The van der Waals surface area contributed by atoms with E-state index in [1.165, 1.54) is 11.3 Å². The minimum absolute atomic E-state index is 0.150. The van der Waals surface area contributed by atoms with E-state index in [1.807, 2.05) is 17.5 Å². The third-order valence-corrected chi connectivity index (χ3v) is 4.42. The van der Waals surface area contributed by atoms with Gasteiger partial charge < -0.3 is 9.52 Å². The molecule has 0 saturated carbocycles. The molecule has 0 saturated heterocycles. The number of aromatic carboxylic acids is 1. The Hall–Kier alpha value is -1.63. The maximum Gasteiger partial charge on any atom is 0.358 e. The number of hydrogen-bond donors (Lipinski definition) is 1. The molecule has 4 nitrogen and oxygen atoms in total. The molecule has 0 aliphatic rings. The van der Waals surface area contributed by atoms with Crippen molar-refractivity contribution in [1.82, 2.24) is 4.98 Å². The largest absolute Gasteiger partial charge is 0.476 e. The van der Waals surface area contributed by atoms with E-state index < -0.39 is 5.97 Å². The Morgan fingerprint density at radius 2 is 2.19 bits per heavy atom. The standard InChI is InChI=1S/C14H7BrClNO3S/c15-7-3-4-9(16)8(6-7)12-11(14(18)19)17-13(20-12)10-2-1-5-21-10/h1-6H,(H,18,19). The van der Waals surface area contributed by atoms with Crippen LogP contribution in [0.5, 0.6) is 0 Å². The summed E-state index contributed by atoms with van der Waals surface area (Å²) in [7, 11) is 0. The molecular weight excluding hydrogens is 378 g/mol. The van der Waals surface area contributed by atoms with E-state index in [-0.39, 0.29) is 17.3 Å². The summed E-state index contributed by atoms with van der Waals surface area (Å²) in [5, 5.41) is 11.6. The first-order valence-electron chi connectivity index (χ1n) is 5.79.